The van der Waals surface area contributed by atoms with Gasteiger partial charge >= 0.3 is 0 Å². The lowest BCUT2D eigenvalue weighted by molar-refractivity contribution is 0.0945. The minimum atomic E-state index is -0.248. The normalized spacial score (nSPS) is 10.6. The molecule has 0 aliphatic heterocycles. The van der Waals surface area contributed by atoms with E-state index in [-0.39, 0.29) is 5.91 Å². The van der Waals surface area contributed by atoms with Crippen LogP contribution in [0.3, 0.4) is 0 Å². The lowest BCUT2D eigenvalue weighted by Gasteiger charge is -2.07. The number of nitrogens with zero attached hydrogens (tertiary/aromatic N) is 2. The van der Waals surface area contributed by atoms with Gasteiger partial charge in [0.1, 0.15) is 22.8 Å². The molecule has 0 aliphatic carbocycles. The molecule has 2 aromatic heterocycles. The molecule has 1 aromatic carbocycles. The zero-order chi connectivity index (χ0) is 15.5. The fourth-order valence-corrected chi connectivity index (χ4v) is 2.22. The molecule has 3 rings (SSSR count). The quantitative estimate of drug-likeness (QED) is 0.773. The Hall–Kier alpha value is -2.89. The molecule has 6 nitrogen and oxygen atoms in total. The molecule has 1 amide bonds. The molecule has 0 atom stereocenters. The van der Waals surface area contributed by atoms with Crippen LogP contribution in [-0.2, 0) is 6.54 Å². The summed E-state index contributed by atoms with van der Waals surface area (Å²) in [4.78, 5) is 23.8. The second kappa shape index (κ2) is 5.85. The van der Waals surface area contributed by atoms with Crippen molar-refractivity contribution in [1.29, 1.82) is 0 Å². The van der Waals surface area contributed by atoms with Crippen LogP contribution in [0.25, 0.3) is 10.9 Å². The fourth-order valence-electron chi connectivity index (χ4n) is 2.22. The van der Waals surface area contributed by atoms with Crippen LogP contribution in [0.4, 0.5) is 0 Å². The number of carbonyl (C=O) groups is 1. The molecule has 2 N–H and O–H groups in total. The number of imidazole rings is 1. The number of ether oxygens (including phenoxy) is 1. The number of aryl methyl sites for hydroxylation is 1. The van der Waals surface area contributed by atoms with E-state index in [0.29, 0.717) is 29.3 Å². The molecule has 3 aromatic rings. The van der Waals surface area contributed by atoms with E-state index in [1.807, 2.05) is 31.2 Å². The van der Waals surface area contributed by atoms with Gasteiger partial charge in [0.25, 0.3) is 5.91 Å². The van der Waals surface area contributed by atoms with E-state index in [2.05, 4.69) is 20.3 Å². The number of benzene rings is 1. The van der Waals surface area contributed by atoms with Crippen LogP contribution in [0, 0.1) is 6.92 Å². The second-order valence-corrected chi connectivity index (χ2v) is 4.92. The number of rotatable bonds is 4. The van der Waals surface area contributed by atoms with Gasteiger partial charge in [0.05, 0.1) is 13.7 Å². The topological polar surface area (TPSA) is 79.9 Å². The average Bonchev–Trinajstić information content (AvgIpc) is 2.97. The summed E-state index contributed by atoms with van der Waals surface area (Å²) in [5, 5.41) is 3.72. The van der Waals surface area contributed by atoms with Gasteiger partial charge in [-0.15, -0.1) is 0 Å². The smallest absolute Gasteiger partial charge is 0.270 e. The first kappa shape index (κ1) is 14.1. The molecule has 6 heteroatoms. The van der Waals surface area contributed by atoms with E-state index in [4.69, 9.17) is 4.74 Å². The van der Waals surface area contributed by atoms with Crippen LogP contribution in [0.1, 0.15) is 22.0 Å². The predicted molar refractivity (Wildman–Crippen MR) is 82.8 cm³/mol. The summed E-state index contributed by atoms with van der Waals surface area (Å²) in [5.74, 6) is 1.11. The number of para-hydroxylation sites is 1. The molecule has 0 unspecified atom stereocenters. The molecule has 2 heterocycles. The number of carbonyl (C=O) groups excluding carboxylic acids is 1. The van der Waals surface area contributed by atoms with Crippen LogP contribution in [0.2, 0.25) is 0 Å². The summed E-state index contributed by atoms with van der Waals surface area (Å²) < 4.78 is 5.29. The number of fused-ring (bicyclic) bond motifs is 1. The van der Waals surface area contributed by atoms with Crippen molar-refractivity contribution >= 4 is 16.8 Å². The van der Waals surface area contributed by atoms with Crippen molar-refractivity contribution in [3.8, 4) is 5.75 Å². The summed E-state index contributed by atoms with van der Waals surface area (Å²) in [6, 6.07) is 9.20. The Morgan fingerprint density at radius 3 is 2.91 bits per heavy atom. The van der Waals surface area contributed by atoms with E-state index in [1.54, 1.807) is 19.4 Å². The molecular weight excluding hydrogens is 280 g/mol. The van der Waals surface area contributed by atoms with Gasteiger partial charge < -0.3 is 15.0 Å². The van der Waals surface area contributed by atoms with Crippen molar-refractivity contribution in [2.45, 2.75) is 13.5 Å². The van der Waals surface area contributed by atoms with Crippen molar-refractivity contribution in [2.75, 3.05) is 7.11 Å². The number of hydrogen-bond acceptors (Lipinski definition) is 4. The molecule has 0 bridgehead atoms. The zero-order valence-corrected chi connectivity index (χ0v) is 12.4. The fraction of sp³-hybridized carbons (Fsp3) is 0.188. The molecule has 22 heavy (non-hydrogen) atoms. The van der Waals surface area contributed by atoms with Crippen LogP contribution >= 0.6 is 0 Å². The first-order valence-corrected chi connectivity index (χ1v) is 6.90. The lowest BCUT2D eigenvalue weighted by atomic mass is 10.2. The van der Waals surface area contributed by atoms with Crippen molar-refractivity contribution in [3.63, 3.8) is 0 Å². The Labute approximate surface area is 127 Å². The lowest BCUT2D eigenvalue weighted by Crippen LogP contribution is -2.24. The average molecular weight is 296 g/mol. The van der Waals surface area contributed by atoms with Gasteiger partial charge in [0.2, 0.25) is 0 Å². The monoisotopic (exact) mass is 296 g/mol. The third-order valence-corrected chi connectivity index (χ3v) is 3.31. The third-order valence-electron chi connectivity index (χ3n) is 3.31. The molecular formula is C16H16N4O2. The van der Waals surface area contributed by atoms with E-state index in [1.165, 1.54) is 0 Å². The van der Waals surface area contributed by atoms with Gasteiger partial charge in [-0.1, -0.05) is 18.2 Å². The van der Waals surface area contributed by atoms with E-state index >= 15 is 0 Å². The van der Waals surface area contributed by atoms with Crippen LogP contribution in [0.5, 0.6) is 5.75 Å². The SMILES string of the molecule is COc1cccc2ccc(C(=O)NCc3ncc(C)[nH]3)nc12. The third kappa shape index (κ3) is 2.76. The summed E-state index contributed by atoms with van der Waals surface area (Å²) in [5.41, 5.74) is 1.98. The highest BCUT2D eigenvalue weighted by atomic mass is 16.5. The van der Waals surface area contributed by atoms with Crippen LogP contribution in [0.15, 0.2) is 36.5 Å². The van der Waals surface area contributed by atoms with E-state index in [9.17, 15) is 4.79 Å². The Balaban J connectivity index is 1.81. The minimum absolute atomic E-state index is 0.248. The number of hydrogen-bond donors (Lipinski definition) is 2. The Morgan fingerprint density at radius 2 is 2.18 bits per heavy atom. The van der Waals surface area contributed by atoms with E-state index in [0.717, 1.165) is 11.1 Å². The maximum Gasteiger partial charge on any atom is 0.270 e. The maximum absolute atomic E-state index is 12.2. The van der Waals surface area contributed by atoms with Crippen molar-refractivity contribution in [2.24, 2.45) is 0 Å². The Bertz CT molecular complexity index is 826. The molecule has 0 aliphatic rings. The van der Waals surface area contributed by atoms with Crippen molar-refractivity contribution in [1.82, 2.24) is 20.3 Å². The number of H-pyrrole nitrogens is 1. The minimum Gasteiger partial charge on any atom is -0.494 e. The number of nitrogens with one attached hydrogen (secondary N) is 2. The standard InChI is InChI=1S/C16H16N4O2/c1-10-8-17-14(19-10)9-18-16(21)12-7-6-11-4-3-5-13(22-2)15(11)20-12/h3-8H,9H2,1-2H3,(H,17,19)(H,18,21). The summed E-state index contributed by atoms with van der Waals surface area (Å²) in [6.07, 6.45) is 1.72. The molecule has 0 radical (unpaired) electrons. The number of methoxy groups -OCH3 is 1. The first-order valence-electron chi connectivity index (χ1n) is 6.90. The second-order valence-electron chi connectivity index (χ2n) is 4.92. The number of pyridine rings is 1. The highest BCUT2D eigenvalue weighted by Gasteiger charge is 2.10. The molecule has 0 spiro atoms. The molecule has 112 valence electrons. The number of aromatic nitrogens is 3. The maximum atomic E-state index is 12.2. The number of aromatic amines is 1. The molecule has 0 saturated heterocycles. The summed E-state index contributed by atoms with van der Waals surface area (Å²) >= 11 is 0. The van der Waals surface area contributed by atoms with Gasteiger partial charge in [-0.05, 0) is 19.1 Å². The predicted octanol–water partition coefficient (Wildman–Crippen LogP) is 2.20. The first-order chi connectivity index (χ1) is 10.7. The van der Waals surface area contributed by atoms with Crippen LogP contribution < -0.4 is 10.1 Å². The Morgan fingerprint density at radius 1 is 1.32 bits per heavy atom. The van der Waals surface area contributed by atoms with Crippen LogP contribution in [-0.4, -0.2) is 28.0 Å². The van der Waals surface area contributed by atoms with Crippen molar-refractivity contribution < 1.29 is 9.53 Å². The van der Waals surface area contributed by atoms with E-state index < -0.39 is 0 Å². The summed E-state index contributed by atoms with van der Waals surface area (Å²) in [6.45, 7) is 2.24. The van der Waals surface area contributed by atoms with Gasteiger partial charge in [-0.3, -0.25) is 4.79 Å². The number of amides is 1. The highest BCUT2D eigenvalue weighted by molar-refractivity contribution is 5.95. The Kier molecular flexibility index (Phi) is 3.74. The van der Waals surface area contributed by atoms with Gasteiger partial charge in [0.15, 0.2) is 0 Å². The van der Waals surface area contributed by atoms with Gasteiger partial charge in [0, 0.05) is 17.3 Å². The molecule has 0 saturated carbocycles. The highest BCUT2D eigenvalue weighted by Crippen LogP contribution is 2.23. The largest absolute Gasteiger partial charge is 0.494 e. The van der Waals surface area contributed by atoms with Gasteiger partial charge in [-0.25, -0.2) is 9.97 Å². The van der Waals surface area contributed by atoms with Crippen molar-refractivity contribution in [3.05, 3.63) is 53.7 Å². The summed E-state index contributed by atoms with van der Waals surface area (Å²) in [7, 11) is 1.59. The van der Waals surface area contributed by atoms with Gasteiger partial charge in [-0.2, -0.15) is 0 Å². The molecule has 0 fully saturated rings. The zero-order valence-electron chi connectivity index (χ0n) is 12.4.